The van der Waals surface area contributed by atoms with Gasteiger partial charge in [0.15, 0.2) is 5.82 Å². The molecule has 2 rings (SSSR count). The van der Waals surface area contributed by atoms with E-state index in [0.717, 1.165) is 5.56 Å². The number of pyridine rings is 1. The molecular weight excluding hydrogens is 194 g/mol. The second-order valence-electron chi connectivity index (χ2n) is 3.24. The number of aromatic nitrogens is 2. The van der Waals surface area contributed by atoms with E-state index in [1.54, 1.807) is 10.7 Å². The predicted octanol–water partition coefficient (Wildman–Crippen LogP) is 1.01. The molecule has 15 heavy (non-hydrogen) atoms. The van der Waals surface area contributed by atoms with Gasteiger partial charge in [0.25, 0.3) is 0 Å². The number of nitrogens with zero attached hydrogens (tertiary/aromatic N) is 2. The van der Waals surface area contributed by atoms with Gasteiger partial charge >= 0.3 is 5.97 Å². The largest absolute Gasteiger partial charge is 0.465 e. The maximum absolute atomic E-state index is 11.5. The Kier molecular flexibility index (Phi) is 2.07. The van der Waals surface area contributed by atoms with E-state index in [1.165, 1.54) is 7.11 Å². The molecule has 0 spiro atoms. The number of hydrogen-bond acceptors (Lipinski definition) is 4. The fraction of sp³-hybridized carbons (Fsp3) is 0.200. The lowest BCUT2D eigenvalue weighted by Crippen LogP contribution is -2.04. The van der Waals surface area contributed by atoms with Crippen LogP contribution in [0.5, 0.6) is 0 Å². The van der Waals surface area contributed by atoms with Crippen LogP contribution in [0.25, 0.3) is 5.52 Å². The van der Waals surface area contributed by atoms with Gasteiger partial charge in [-0.05, 0) is 18.6 Å². The smallest absolute Gasteiger partial charge is 0.343 e. The number of carbonyl (C=O) groups is 1. The Morgan fingerprint density at radius 3 is 3.00 bits per heavy atom. The van der Waals surface area contributed by atoms with Crippen LogP contribution in [0.1, 0.15) is 15.9 Å². The Labute approximate surface area is 86.4 Å². The van der Waals surface area contributed by atoms with Crippen molar-refractivity contribution in [3.8, 4) is 0 Å². The highest BCUT2D eigenvalue weighted by Gasteiger charge is 2.19. The number of methoxy groups -OCH3 is 1. The molecule has 0 radical (unpaired) electrons. The molecule has 0 aromatic carbocycles. The molecule has 0 aliphatic heterocycles. The molecule has 5 heteroatoms. The van der Waals surface area contributed by atoms with E-state index >= 15 is 0 Å². The summed E-state index contributed by atoms with van der Waals surface area (Å²) >= 11 is 0. The van der Waals surface area contributed by atoms with E-state index in [2.05, 4.69) is 9.84 Å². The third-order valence-corrected chi connectivity index (χ3v) is 2.27. The maximum Gasteiger partial charge on any atom is 0.343 e. The first-order valence-electron chi connectivity index (χ1n) is 4.47. The monoisotopic (exact) mass is 205 g/mol. The van der Waals surface area contributed by atoms with Crippen molar-refractivity contribution < 1.29 is 9.53 Å². The Morgan fingerprint density at radius 1 is 1.60 bits per heavy atom. The number of nitrogen functional groups attached to an aromatic ring is 1. The number of esters is 1. The topological polar surface area (TPSA) is 69.6 Å². The molecule has 5 nitrogen and oxygen atoms in total. The normalized spacial score (nSPS) is 10.5. The van der Waals surface area contributed by atoms with Crippen molar-refractivity contribution >= 4 is 17.3 Å². The zero-order valence-corrected chi connectivity index (χ0v) is 8.52. The third kappa shape index (κ3) is 1.32. The van der Waals surface area contributed by atoms with Gasteiger partial charge in [-0.1, -0.05) is 6.07 Å². The van der Waals surface area contributed by atoms with Crippen molar-refractivity contribution in [2.24, 2.45) is 0 Å². The minimum atomic E-state index is -0.461. The highest BCUT2D eigenvalue weighted by Crippen LogP contribution is 2.21. The number of carbonyl (C=O) groups excluding carboxylic acids is 1. The van der Waals surface area contributed by atoms with Crippen LogP contribution < -0.4 is 5.73 Å². The van der Waals surface area contributed by atoms with Crippen LogP contribution in [-0.2, 0) is 4.74 Å². The summed E-state index contributed by atoms with van der Waals surface area (Å²) in [5, 5.41) is 4.04. The number of rotatable bonds is 1. The van der Waals surface area contributed by atoms with Gasteiger partial charge in [0.05, 0.1) is 12.6 Å². The molecule has 0 fully saturated rings. The predicted molar refractivity (Wildman–Crippen MR) is 55.7 cm³/mol. The van der Waals surface area contributed by atoms with Gasteiger partial charge in [-0.3, -0.25) is 0 Å². The first-order valence-corrected chi connectivity index (χ1v) is 4.47. The molecule has 0 saturated carbocycles. The minimum absolute atomic E-state index is 0.191. The molecular formula is C10H11N3O2. The summed E-state index contributed by atoms with van der Waals surface area (Å²) in [5.41, 5.74) is 7.62. The van der Waals surface area contributed by atoms with Crippen LogP contribution in [0.4, 0.5) is 5.82 Å². The Balaban J connectivity index is 2.82. The zero-order chi connectivity index (χ0) is 11.0. The minimum Gasteiger partial charge on any atom is -0.465 e. The molecule has 0 atom stereocenters. The maximum atomic E-state index is 11.5. The van der Waals surface area contributed by atoms with Crippen LogP contribution in [-0.4, -0.2) is 22.7 Å². The Bertz CT molecular complexity index is 531. The van der Waals surface area contributed by atoms with E-state index in [0.29, 0.717) is 11.1 Å². The molecule has 0 aliphatic carbocycles. The van der Waals surface area contributed by atoms with E-state index in [9.17, 15) is 4.79 Å². The van der Waals surface area contributed by atoms with Gasteiger partial charge in [-0.25, -0.2) is 9.31 Å². The number of ether oxygens (including phenoxy) is 1. The first kappa shape index (κ1) is 9.51. The molecule has 0 amide bonds. The SMILES string of the molecule is COC(=O)c1c(N)nn2cccc(C)c12. The zero-order valence-electron chi connectivity index (χ0n) is 8.52. The van der Waals surface area contributed by atoms with E-state index in [4.69, 9.17) is 5.73 Å². The number of aryl methyl sites for hydroxylation is 1. The fourth-order valence-electron chi connectivity index (χ4n) is 1.59. The van der Waals surface area contributed by atoms with Crippen molar-refractivity contribution in [2.45, 2.75) is 6.92 Å². The highest BCUT2D eigenvalue weighted by atomic mass is 16.5. The third-order valence-electron chi connectivity index (χ3n) is 2.27. The summed E-state index contributed by atoms with van der Waals surface area (Å²) in [6.45, 7) is 1.89. The van der Waals surface area contributed by atoms with Gasteiger partial charge in [0.2, 0.25) is 0 Å². The van der Waals surface area contributed by atoms with Crippen LogP contribution >= 0.6 is 0 Å². The summed E-state index contributed by atoms with van der Waals surface area (Å²) in [4.78, 5) is 11.5. The lowest BCUT2D eigenvalue weighted by Gasteiger charge is -2.00. The Hall–Kier alpha value is -2.04. The quantitative estimate of drug-likeness (QED) is 0.705. The van der Waals surface area contributed by atoms with E-state index in [-0.39, 0.29) is 5.82 Å². The summed E-state index contributed by atoms with van der Waals surface area (Å²) in [6, 6.07) is 3.73. The van der Waals surface area contributed by atoms with Crippen LogP contribution in [0.15, 0.2) is 18.3 Å². The van der Waals surface area contributed by atoms with E-state index < -0.39 is 5.97 Å². The van der Waals surface area contributed by atoms with Crippen molar-refractivity contribution in [3.63, 3.8) is 0 Å². The van der Waals surface area contributed by atoms with Crippen molar-refractivity contribution in [1.29, 1.82) is 0 Å². The average Bonchev–Trinajstić information content (AvgIpc) is 2.55. The van der Waals surface area contributed by atoms with Gasteiger partial charge in [0.1, 0.15) is 5.56 Å². The summed E-state index contributed by atoms with van der Waals surface area (Å²) in [5.74, 6) is -0.270. The van der Waals surface area contributed by atoms with Gasteiger partial charge in [-0.2, -0.15) is 0 Å². The molecule has 2 aromatic rings. The second-order valence-corrected chi connectivity index (χ2v) is 3.24. The average molecular weight is 205 g/mol. The molecule has 78 valence electrons. The number of fused-ring (bicyclic) bond motifs is 1. The number of anilines is 1. The fourth-order valence-corrected chi connectivity index (χ4v) is 1.59. The lowest BCUT2D eigenvalue weighted by atomic mass is 10.2. The molecule has 0 unspecified atom stereocenters. The van der Waals surface area contributed by atoms with Crippen molar-refractivity contribution in [1.82, 2.24) is 9.61 Å². The van der Waals surface area contributed by atoms with Gasteiger partial charge < -0.3 is 10.5 Å². The second kappa shape index (κ2) is 3.27. The van der Waals surface area contributed by atoms with E-state index in [1.807, 2.05) is 19.1 Å². The van der Waals surface area contributed by atoms with Gasteiger partial charge in [-0.15, -0.1) is 5.10 Å². The standard InChI is InChI=1S/C10H11N3O2/c1-6-4-3-5-13-8(6)7(9(11)12-13)10(14)15-2/h3-5H,1-2H3,(H2,11,12). The van der Waals surface area contributed by atoms with Crippen LogP contribution in [0, 0.1) is 6.92 Å². The summed E-state index contributed by atoms with van der Waals surface area (Å²) in [6.07, 6.45) is 1.74. The highest BCUT2D eigenvalue weighted by molar-refractivity contribution is 6.02. The van der Waals surface area contributed by atoms with Crippen molar-refractivity contribution in [2.75, 3.05) is 12.8 Å². The Morgan fingerprint density at radius 2 is 2.33 bits per heavy atom. The molecule has 2 aromatic heterocycles. The first-order chi connectivity index (χ1) is 7.15. The number of nitrogens with two attached hydrogens (primary N) is 1. The van der Waals surface area contributed by atoms with Crippen molar-refractivity contribution in [3.05, 3.63) is 29.5 Å². The van der Waals surface area contributed by atoms with Crippen LogP contribution in [0.2, 0.25) is 0 Å². The summed E-state index contributed by atoms with van der Waals surface area (Å²) < 4.78 is 6.25. The summed E-state index contributed by atoms with van der Waals surface area (Å²) in [7, 11) is 1.32. The molecule has 2 N–H and O–H groups in total. The molecule has 0 aliphatic rings. The molecule has 0 bridgehead atoms. The van der Waals surface area contributed by atoms with Gasteiger partial charge in [0, 0.05) is 6.20 Å². The molecule has 2 heterocycles. The van der Waals surface area contributed by atoms with Crippen LogP contribution in [0.3, 0.4) is 0 Å². The number of hydrogen-bond donors (Lipinski definition) is 1. The molecule has 0 saturated heterocycles. The lowest BCUT2D eigenvalue weighted by molar-refractivity contribution is 0.0604.